The van der Waals surface area contributed by atoms with E-state index in [2.05, 4.69) is 185 Å². The molecule has 8 heteroatoms. The molecule has 8 nitrogen and oxygen atoms in total. The van der Waals surface area contributed by atoms with Crippen LogP contribution < -0.4 is 0 Å². The van der Waals surface area contributed by atoms with Crippen molar-refractivity contribution in [2.45, 2.75) is 0 Å². The molecule has 0 N–H and O–H groups in total. The summed E-state index contributed by atoms with van der Waals surface area (Å²) in [6, 6.07) is 82.1. The Bertz CT molecular complexity index is 4920. The fraction of sp³-hybridized carbons (Fsp3) is 0. The second-order valence-electron chi connectivity index (χ2n) is 19.3. The number of rotatable bonds is 7. The van der Waals surface area contributed by atoms with Gasteiger partial charge in [0.1, 0.15) is 11.2 Å². The second kappa shape index (κ2) is 16.5. The van der Waals surface area contributed by atoms with Gasteiger partial charge in [0.2, 0.25) is 0 Å². The highest BCUT2D eigenvalue weighted by molar-refractivity contribution is 6.23. The van der Waals surface area contributed by atoms with Gasteiger partial charge in [-0.2, -0.15) is 0 Å². The molecule has 0 atom stereocenters. The molecule has 0 unspecified atom stereocenters. The van der Waals surface area contributed by atoms with Crippen LogP contribution >= 0.6 is 0 Å². The average molecular weight is 973 g/mol. The predicted molar refractivity (Wildman–Crippen MR) is 308 cm³/mol. The average Bonchev–Trinajstić information content (AvgIpc) is 4.28. The van der Waals surface area contributed by atoms with E-state index >= 15 is 0 Å². The highest BCUT2D eigenvalue weighted by atomic mass is 16.3. The molecular weight excluding hydrogens is 933 g/mol. The van der Waals surface area contributed by atoms with Crippen molar-refractivity contribution < 1.29 is 8.83 Å². The number of furan rings is 2. The van der Waals surface area contributed by atoms with Crippen LogP contribution in [0.2, 0.25) is 0 Å². The zero-order chi connectivity index (χ0) is 49.8. The van der Waals surface area contributed by atoms with Crippen molar-refractivity contribution in [3.8, 4) is 67.9 Å². The van der Waals surface area contributed by atoms with Crippen LogP contribution in [0.3, 0.4) is 0 Å². The van der Waals surface area contributed by atoms with Crippen LogP contribution in [-0.2, 0) is 0 Å². The number of nitrogens with zero attached hydrogens (tertiary/aromatic N) is 6. The number of aromatic nitrogens is 6. The zero-order valence-electron chi connectivity index (χ0n) is 40.6. The van der Waals surface area contributed by atoms with Crippen LogP contribution in [0.1, 0.15) is 0 Å². The second-order valence-corrected chi connectivity index (χ2v) is 19.3. The molecule has 6 aromatic heterocycles. The number of benzene rings is 10. The van der Waals surface area contributed by atoms with Crippen molar-refractivity contribution in [3.05, 3.63) is 243 Å². The molecule has 0 saturated carbocycles. The Morgan fingerprint density at radius 3 is 1.25 bits per heavy atom. The Kier molecular flexibility index (Phi) is 9.17. The van der Waals surface area contributed by atoms with Crippen molar-refractivity contribution in [3.63, 3.8) is 0 Å². The summed E-state index contributed by atoms with van der Waals surface area (Å²) >= 11 is 0. The van der Waals surface area contributed by atoms with E-state index in [0.717, 1.165) is 121 Å². The minimum absolute atomic E-state index is 0.497. The largest absolute Gasteiger partial charge is 0.454 e. The monoisotopic (exact) mass is 972 g/mol. The number of hydrogen-bond donors (Lipinski definition) is 0. The molecule has 10 aromatic carbocycles. The fourth-order valence-electron chi connectivity index (χ4n) is 11.5. The lowest BCUT2D eigenvalue weighted by molar-refractivity contribution is 0.671. The third kappa shape index (κ3) is 6.44. The lowest BCUT2D eigenvalue weighted by atomic mass is 9.98. The summed E-state index contributed by atoms with van der Waals surface area (Å²) in [6.07, 6.45) is 1.94. The van der Waals surface area contributed by atoms with Gasteiger partial charge in [0.25, 0.3) is 0 Å². The van der Waals surface area contributed by atoms with Gasteiger partial charge in [0.05, 0.1) is 27.8 Å². The number of para-hydroxylation sites is 4. The Balaban J connectivity index is 0.906. The molecule has 0 aliphatic heterocycles. The summed E-state index contributed by atoms with van der Waals surface area (Å²) in [7, 11) is 0. The maximum absolute atomic E-state index is 7.05. The van der Waals surface area contributed by atoms with Gasteiger partial charge >= 0.3 is 0 Å². The first-order chi connectivity index (χ1) is 37.7. The van der Waals surface area contributed by atoms with Crippen LogP contribution in [0.5, 0.6) is 0 Å². The Hall–Kier alpha value is -10.4. The Labute approximate surface area is 434 Å². The highest BCUT2D eigenvalue weighted by Gasteiger charge is 2.24. The highest BCUT2D eigenvalue weighted by Crippen LogP contribution is 2.44. The van der Waals surface area contributed by atoms with E-state index in [4.69, 9.17) is 28.8 Å². The van der Waals surface area contributed by atoms with Gasteiger partial charge in [-0.25, -0.2) is 15.0 Å². The lowest BCUT2D eigenvalue weighted by Crippen LogP contribution is -2.02. The predicted octanol–water partition coefficient (Wildman–Crippen LogP) is 17.6. The normalized spacial score (nSPS) is 11.9. The minimum atomic E-state index is 0.497. The van der Waals surface area contributed by atoms with E-state index < -0.39 is 0 Å². The molecule has 0 saturated heterocycles. The molecule has 16 rings (SSSR count). The van der Waals surface area contributed by atoms with Crippen LogP contribution in [0.4, 0.5) is 0 Å². The molecular formula is C68H40N6O2. The van der Waals surface area contributed by atoms with Crippen LogP contribution in [-0.4, -0.2) is 29.1 Å². The van der Waals surface area contributed by atoms with Gasteiger partial charge in [-0.15, -0.1) is 0 Å². The molecule has 354 valence electrons. The third-order valence-electron chi connectivity index (χ3n) is 15.0. The summed E-state index contributed by atoms with van der Waals surface area (Å²) in [6.45, 7) is 0. The Morgan fingerprint density at radius 2 is 0.724 bits per heavy atom. The van der Waals surface area contributed by atoms with E-state index in [9.17, 15) is 0 Å². The maximum Gasteiger partial charge on any atom is 0.166 e. The smallest absolute Gasteiger partial charge is 0.166 e. The quantitative estimate of drug-likeness (QED) is 0.158. The lowest BCUT2D eigenvalue weighted by Gasteiger charge is -2.13. The molecule has 16 aromatic rings. The fourth-order valence-corrected chi connectivity index (χ4v) is 11.5. The molecule has 0 bridgehead atoms. The molecule has 0 radical (unpaired) electrons. The number of hydrogen-bond acceptors (Lipinski definition) is 6. The third-order valence-corrected chi connectivity index (χ3v) is 15.0. The maximum atomic E-state index is 7.05. The van der Waals surface area contributed by atoms with Gasteiger partial charge in [-0.3, -0.25) is 4.98 Å². The summed E-state index contributed by atoms with van der Waals surface area (Å²) in [5.41, 5.74) is 15.6. The number of fused-ring (bicyclic) bond motifs is 14. The van der Waals surface area contributed by atoms with E-state index in [-0.39, 0.29) is 0 Å². The number of pyridine rings is 1. The minimum Gasteiger partial charge on any atom is -0.454 e. The van der Waals surface area contributed by atoms with Crippen LogP contribution in [0.25, 0.3) is 155 Å². The first-order valence-corrected chi connectivity index (χ1v) is 25.4. The summed E-state index contributed by atoms with van der Waals surface area (Å²) in [4.78, 5) is 20.9. The van der Waals surface area contributed by atoms with Gasteiger partial charge in [0, 0.05) is 88.5 Å². The molecule has 6 heterocycles. The molecule has 0 amide bonds. The standard InChI is InChI=1S/C68H40N6O2/c1-5-17-41(18-6-1)66-70-67(42-19-7-2-8-20-42)72-68(71-66)56-37-45(43-29-31-50-54-35-33-52-48-25-13-15-27-57(48)73(46-21-9-3-10-22-46)62(52)64(54)75-59(50)38-43)40-69-61(56)44-30-32-51-55-36-34-53-49-26-14-16-28-58(49)74(47-23-11-4-12-24-47)63(53)65(55)76-60(51)39-44/h1-40H. The molecule has 0 aliphatic carbocycles. The Morgan fingerprint density at radius 1 is 0.303 bits per heavy atom. The van der Waals surface area contributed by atoms with E-state index in [1.165, 1.54) is 10.8 Å². The van der Waals surface area contributed by atoms with E-state index in [0.29, 0.717) is 23.2 Å². The summed E-state index contributed by atoms with van der Waals surface area (Å²) in [5.74, 6) is 1.63. The SMILES string of the molecule is c1ccc(-c2nc(-c3ccccc3)nc(-c3cc(-c4ccc5c(c4)oc4c5ccc5c6ccccc6n(-c6ccccc6)c54)cnc3-c3ccc4c(c3)oc3c4ccc4c5ccccc5n(-c5ccccc5)c43)n2)cc1. The first-order valence-electron chi connectivity index (χ1n) is 25.4. The van der Waals surface area contributed by atoms with Crippen LogP contribution in [0.15, 0.2) is 252 Å². The topological polar surface area (TPSA) is 87.7 Å². The van der Waals surface area contributed by atoms with Gasteiger partial charge in [-0.1, -0.05) is 158 Å². The molecule has 0 fully saturated rings. The summed E-state index contributed by atoms with van der Waals surface area (Å²) in [5, 5.41) is 8.77. The molecule has 76 heavy (non-hydrogen) atoms. The zero-order valence-corrected chi connectivity index (χ0v) is 40.6. The van der Waals surface area contributed by atoms with Gasteiger partial charge < -0.3 is 18.0 Å². The van der Waals surface area contributed by atoms with Gasteiger partial charge in [-0.05, 0) is 84.4 Å². The van der Waals surface area contributed by atoms with Crippen molar-refractivity contribution >= 4 is 87.5 Å². The van der Waals surface area contributed by atoms with Crippen LogP contribution in [0, 0.1) is 0 Å². The van der Waals surface area contributed by atoms with E-state index in [1.54, 1.807) is 0 Å². The van der Waals surface area contributed by atoms with E-state index in [1.807, 2.05) is 66.9 Å². The molecule has 0 spiro atoms. The van der Waals surface area contributed by atoms with Gasteiger partial charge in [0.15, 0.2) is 28.6 Å². The van der Waals surface area contributed by atoms with Crippen molar-refractivity contribution in [1.82, 2.24) is 29.1 Å². The molecule has 0 aliphatic rings. The van der Waals surface area contributed by atoms with Crippen molar-refractivity contribution in [2.24, 2.45) is 0 Å². The summed E-state index contributed by atoms with van der Waals surface area (Å²) < 4.78 is 18.7. The first kappa shape index (κ1) is 42.1. The van der Waals surface area contributed by atoms with Crippen molar-refractivity contribution in [2.75, 3.05) is 0 Å². The van der Waals surface area contributed by atoms with Crippen molar-refractivity contribution in [1.29, 1.82) is 0 Å².